The Morgan fingerprint density at radius 3 is 2.50 bits per heavy atom. The monoisotopic (exact) mass is 431 g/mol. The number of rotatable bonds is 5. The first-order valence-electron chi connectivity index (χ1n) is 7.75. The van der Waals surface area contributed by atoms with Gasteiger partial charge >= 0.3 is 6.18 Å². The minimum atomic E-state index is -4.69. The molecule has 2 heterocycles. The third-order valence-electron chi connectivity index (χ3n) is 3.61. The van der Waals surface area contributed by atoms with Crippen molar-refractivity contribution in [2.45, 2.75) is 17.7 Å². The van der Waals surface area contributed by atoms with Crippen LogP contribution in [0.5, 0.6) is 5.88 Å². The Labute approximate surface area is 163 Å². The molecule has 0 atom stereocenters. The van der Waals surface area contributed by atoms with Crippen molar-refractivity contribution in [2.24, 2.45) is 0 Å². The third kappa shape index (κ3) is 4.63. The molecule has 0 aliphatic heterocycles. The number of halogens is 4. The number of benzene rings is 1. The van der Waals surface area contributed by atoms with E-state index < -0.39 is 21.7 Å². The summed E-state index contributed by atoms with van der Waals surface area (Å²) in [7, 11) is -3.50. The van der Waals surface area contributed by atoms with Crippen LogP contribution in [0.1, 0.15) is 11.3 Å². The second-order valence-corrected chi connectivity index (χ2v) is 8.27. The van der Waals surface area contributed by atoms with E-state index in [2.05, 4.69) is 10.1 Å². The predicted molar refractivity (Wildman–Crippen MR) is 95.3 cm³/mol. The SMILES string of the molecule is CS(=O)(=O)c1ccc(-n2nc(C(F)(F)F)cc2OCc2cccc(Cl)c2)nc1. The largest absolute Gasteiger partial charge is 0.473 e. The van der Waals surface area contributed by atoms with Crippen LogP contribution in [-0.4, -0.2) is 29.4 Å². The maximum Gasteiger partial charge on any atom is 0.435 e. The van der Waals surface area contributed by atoms with Gasteiger partial charge in [0.05, 0.1) is 4.90 Å². The number of hydrogen-bond acceptors (Lipinski definition) is 5. The van der Waals surface area contributed by atoms with Crippen LogP contribution >= 0.6 is 11.6 Å². The quantitative estimate of drug-likeness (QED) is 0.612. The van der Waals surface area contributed by atoms with Crippen molar-refractivity contribution in [1.29, 1.82) is 0 Å². The van der Waals surface area contributed by atoms with Crippen LogP contribution in [-0.2, 0) is 22.6 Å². The second kappa shape index (κ2) is 7.44. The van der Waals surface area contributed by atoms with E-state index in [9.17, 15) is 21.6 Å². The van der Waals surface area contributed by atoms with Crippen molar-refractivity contribution in [3.05, 3.63) is 64.9 Å². The van der Waals surface area contributed by atoms with Gasteiger partial charge in [0.15, 0.2) is 21.3 Å². The Morgan fingerprint density at radius 2 is 1.93 bits per heavy atom. The van der Waals surface area contributed by atoms with Gasteiger partial charge in [-0.2, -0.15) is 23.0 Å². The number of nitrogens with zero attached hydrogens (tertiary/aromatic N) is 3. The van der Waals surface area contributed by atoms with Crippen molar-refractivity contribution in [2.75, 3.05) is 6.26 Å². The lowest BCUT2D eigenvalue weighted by atomic mass is 10.2. The van der Waals surface area contributed by atoms with Crippen molar-refractivity contribution < 1.29 is 26.3 Å². The lowest BCUT2D eigenvalue weighted by Crippen LogP contribution is -2.09. The van der Waals surface area contributed by atoms with Gasteiger partial charge in [0.2, 0.25) is 5.88 Å². The van der Waals surface area contributed by atoms with Gasteiger partial charge in [-0.25, -0.2) is 13.4 Å². The van der Waals surface area contributed by atoms with Crippen molar-refractivity contribution in [1.82, 2.24) is 14.8 Å². The molecule has 6 nitrogen and oxygen atoms in total. The Kier molecular flexibility index (Phi) is 5.35. The number of alkyl halides is 3. The van der Waals surface area contributed by atoms with Crippen LogP contribution in [0, 0.1) is 0 Å². The van der Waals surface area contributed by atoms with E-state index in [0.29, 0.717) is 10.6 Å². The van der Waals surface area contributed by atoms with Crippen molar-refractivity contribution in [3.63, 3.8) is 0 Å². The first-order valence-corrected chi connectivity index (χ1v) is 10.0. The second-order valence-electron chi connectivity index (χ2n) is 5.82. The van der Waals surface area contributed by atoms with Gasteiger partial charge in [0.25, 0.3) is 0 Å². The normalized spacial score (nSPS) is 12.2. The highest BCUT2D eigenvalue weighted by Crippen LogP contribution is 2.32. The van der Waals surface area contributed by atoms with Crippen LogP contribution in [0.15, 0.2) is 53.6 Å². The summed E-state index contributed by atoms with van der Waals surface area (Å²) in [5.41, 5.74) is -0.517. The van der Waals surface area contributed by atoms with E-state index in [1.165, 1.54) is 12.1 Å². The Bertz CT molecular complexity index is 1100. The molecule has 0 aliphatic rings. The molecule has 3 rings (SSSR count). The molecule has 0 fully saturated rings. The maximum absolute atomic E-state index is 13.1. The summed E-state index contributed by atoms with van der Waals surface area (Å²) in [6.45, 7) is -0.0506. The molecule has 28 heavy (non-hydrogen) atoms. The summed E-state index contributed by atoms with van der Waals surface area (Å²) >= 11 is 5.89. The van der Waals surface area contributed by atoms with Crippen LogP contribution in [0.3, 0.4) is 0 Å². The molecule has 2 aromatic heterocycles. The molecular weight excluding hydrogens is 419 g/mol. The minimum absolute atomic E-state index is 0.0241. The molecule has 0 saturated carbocycles. The molecule has 0 amide bonds. The van der Waals surface area contributed by atoms with Gasteiger partial charge in [0, 0.05) is 23.5 Å². The smallest absolute Gasteiger partial charge is 0.435 e. The molecule has 148 valence electrons. The molecule has 0 bridgehead atoms. The van der Waals surface area contributed by atoms with Crippen LogP contribution in [0.2, 0.25) is 5.02 Å². The Morgan fingerprint density at radius 1 is 1.18 bits per heavy atom. The topological polar surface area (TPSA) is 74.1 Å². The highest BCUT2D eigenvalue weighted by molar-refractivity contribution is 7.90. The number of sulfone groups is 1. The van der Waals surface area contributed by atoms with Gasteiger partial charge in [-0.3, -0.25) is 0 Å². The van der Waals surface area contributed by atoms with E-state index in [0.717, 1.165) is 23.2 Å². The number of hydrogen-bond donors (Lipinski definition) is 0. The average molecular weight is 432 g/mol. The fourth-order valence-electron chi connectivity index (χ4n) is 2.27. The highest BCUT2D eigenvalue weighted by atomic mass is 35.5. The van der Waals surface area contributed by atoms with Gasteiger partial charge in [-0.05, 0) is 29.8 Å². The zero-order valence-electron chi connectivity index (χ0n) is 14.3. The molecule has 0 N–H and O–H groups in total. The first-order chi connectivity index (χ1) is 13.0. The fourth-order valence-corrected chi connectivity index (χ4v) is 3.04. The van der Waals surface area contributed by atoms with Crippen LogP contribution in [0.4, 0.5) is 13.2 Å². The summed E-state index contributed by atoms with van der Waals surface area (Å²) in [5.74, 6) is -0.226. The predicted octanol–water partition coefficient (Wildman–Crippen LogP) is 3.92. The molecule has 0 radical (unpaired) electrons. The van der Waals surface area contributed by atoms with Crippen LogP contribution in [0.25, 0.3) is 5.82 Å². The van der Waals surface area contributed by atoms with Crippen molar-refractivity contribution >= 4 is 21.4 Å². The molecule has 0 aliphatic carbocycles. The fraction of sp³-hybridized carbons (Fsp3) is 0.176. The standard InChI is InChI=1S/C17H13ClF3N3O3S/c1-28(25,26)13-5-6-15(22-9-13)24-16(8-14(23-24)17(19,20)21)27-10-11-3-2-4-12(18)7-11/h2-9H,10H2,1H3. The summed E-state index contributed by atoms with van der Waals surface area (Å²) in [6.07, 6.45) is -2.65. The summed E-state index contributed by atoms with van der Waals surface area (Å²) in [4.78, 5) is 3.82. The van der Waals surface area contributed by atoms with Gasteiger partial charge in [-0.15, -0.1) is 0 Å². The zero-order chi connectivity index (χ0) is 20.5. The Balaban J connectivity index is 1.96. The number of ether oxygens (including phenoxy) is 1. The lowest BCUT2D eigenvalue weighted by Gasteiger charge is -2.09. The number of pyridine rings is 1. The summed E-state index contributed by atoms with van der Waals surface area (Å²) in [6, 6.07) is 9.89. The molecule has 0 spiro atoms. The van der Waals surface area contributed by atoms with Crippen LogP contribution < -0.4 is 4.74 Å². The molecule has 1 aromatic carbocycles. The lowest BCUT2D eigenvalue weighted by molar-refractivity contribution is -0.141. The molecular formula is C17H13ClF3N3O3S. The molecule has 11 heteroatoms. The first kappa shape index (κ1) is 20.2. The third-order valence-corrected chi connectivity index (χ3v) is 4.94. The molecule has 0 saturated heterocycles. The zero-order valence-corrected chi connectivity index (χ0v) is 15.9. The van der Waals surface area contributed by atoms with E-state index >= 15 is 0 Å². The minimum Gasteiger partial charge on any atom is -0.473 e. The van der Waals surface area contributed by atoms with E-state index in [1.807, 2.05) is 0 Å². The van der Waals surface area contributed by atoms with E-state index in [1.54, 1.807) is 24.3 Å². The summed E-state index contributed by atoms with van der Waals surface area (Å²) < 4.78 is 68.7. The number of aromatic nitrogens is 3. The van der Waals surface area contributed by atoms with Gasteiger partial charge < -0.3 is 4.74 Å². The van der Waals surface area contributed by atoms with Crippen molar-refractivity contribution in [3.8, 4) is 11.7 Å². The highest BCUT2D eigenvalue weighted by Gasteiger charge is 2.35. The van der Waals surface area contributed by atoms with Gasteiger partial charge in [-0.1, -0.05) is 23.7 Å². The summed E-state index contributed by atoms with van der Waals surface area (Å²) in [5, 5.41) is 3.96. The molecule has 0 unspecified atom stereocenters. The van der Waals surface area contributed by atoms with E-state index in [-0.39, 0.29) is 23.2 Å². The van der Waals surface area contributed by atoms with Gasteiger partial charge in [0.1, 0.15) is 6.61 Å². The Hall–Kier alpha value is -2.59. The maximum atomic E-state index is 13.1. The average Bonchev–Trinajstić information content (AvgIpc) is 3.04. The van der Waals surface area contributed by atoms with E-state index in [4.69, 9.17) is 16.3 Å². The molecule has 3 aromatic rings.